The molecule has 1 aromatic carbocycles. The van der Waals surface area contributed by atoms with Gasteiger partial charge >= 0.3 is 0 Å². The summed E-state index contributed by atoms with van der Waals surface area (Å²) in [5, 5.41) is 92.2. The standard InChI is InChI=1S/C38H50O21/c1-17(39)27(47)29-33(49,19(3)41)37(53,23(7)45)35(51,21(5)43)31(58-29)56-15-26(55-14-25-12-10-9-11-13-25)16-57-32-36(52,22(6)44)38(54,24(8)46)34(50,20(4)42)30(59-32)28(48)18(2)40/h9-13,26-32,47-54H,14-16H2,1-8H3/t26?,27?,28?,29-,30-,31?,32?,33+,34+,35+,36+,37+,38+/m1/s1. The number of ether oxygens (including phenoxy) is 5. The molecule has 328 valence electrons. The highest BCUT2D eigenvalue weighted by Crippen LogP contribution is 2.49. The van der Waals surface area contributed by atoms with Crippen LogP contribution in [0.4, 0.5) is 0 Å². The summed E-state index contributed by atoms with van der Waals surface area (Å²) in [5.74, 6) is -11.7. The molecule has 0 spiro atoms. The number of benzene rings is 1. The zero-order chi connectivity index (χ0) is 45.4. The second kappa shape index (κ2) is 17.6. The van der Waals surface area contributed by atoms with Gasteiger partial charge in [0, 0.05) is 0 Å². The number of Topliss-reactive ketones (excluding diaryl/α,β-unsaturated/α-hetero) is 8. The first-order chi connectivity index (χ1) is 27.0. The highest BCUT2D eigenvalue weighted by Gasteiger charge is 2.81. The molecule has 21 nitrogen and oxygen atoms in total. The van der Waals surface area contributed by atoms with E-state index in [2.05, 4.69) is 0 Å². The van der Waals surface area contributed by atoms with Crippen molar-refractivity contribution >= 4 is 46.3 Å². The molecule has 0 bridgehead atoms. The Labute approximate surface area is 336 Å². The van der Waals surface area contributed by atoms with E-state index >= 15 is 0 Å². The van der Waals surface area contributed by atoms with Gasteiger partial charge in [0.2, 0.25) is 22.4 Å². The van der Waals surface area contributed by atoms with Crippen molar-refractivity contribution in [2.45, 2.75) is 139 Å². The van der Waals surface area contributed by atoms with Crippen molar-refractivity contribution in [1.82, 2.24) is 0 Å². The molecule has 4 unspecified atom stereocenters. The lowest BCUT2D eigenvalue weighted by atomic mass is 9.60. The van der Waals surface area contributed by atoms with Crippen LogP contribution < -0.4 is 0 Å². The summed E-state index contributed by atoms with van der Waals surface area (Å²) in [5.41, 5.74) is -22.0. The maximum absolute atomic E-state index is 13.2. The van der Waals surface area contributed by atoms with Gasteiger partial charge < -0.3 is 64.5 Å². The third kappa shape index (κ3) is 7.58. The van der Waals surface area contributed by atoms with Gasteiger partial charge in [0.1, 0.15) is 30.5 Å². The first-order valence-electron chi connectivity index (χ1n) is 18.0. The van der Waals surface area contributed by atoms with E-state index in [0.717, 1.165) is 13.8 Å². The fraction of sp³-hybridized carbons (Fsp3) is 0.632. The smallest absolute Gasteiger partial charge is 0.213 e. The Morgan fingerprint density at radius 1 is 0.542 bits per heavy atom. The second-order valence-electron chi connectivity index (χ2n) is 14.8. The molecule has 2 aliphatic rings. The van der Waals surface area contributed by atoms with Crippen LogP contribution in [0.1, 0.15) is 61.0 Å². The highest BCUT2D eigenvalue weighted by molar-refractivity contribution is 6.07. The molecule has 0 saturated carbocycles. The van der Waals surface area contributed by atoms with Crippen LogP contribution in [0.15, 0.2) is 30.3 Å². The van der Waals surface area contributed by atoms with Gasteiger partial charge in [-0.25, -0.2) is 0 Å². The van der Waals surface area contributed by atoms with E-state index in [0.29, 0.717) is 47.1 Å². The summed E-state index contributed by atoms with van der Waals surface area (Å²) in [4.78, 5) is 103. The lowest BCUT2D eigenvalue weighted by molar-refractivity contribution is -0.380. The van der Waals surface area contributed by atoms with Crippen LogP contribution in [0.5, 0.6) is 0 Å². The minimum atomic E-state index is -3.87. The Hall–Kier alpha value is -3.94. The molecule has 0 aliphatic carbocycles. The SMILES string of the molecule is CC(=O)C(O)[C@H]1OC(OCC(COC2O[C@H](C(O)C(C)=O)[C@@](O)(C(C)=O)[C@@](O)(C(C)=O)[C@]2(O)C(C)=O)OCc2ccccc2)[C@@](O)(C(C)=O)[C@](O)(C(C)=O)[C@]1(O)C(C)=O. The van der Waals surface area contributed by atoms with Gasteiger partial charge in [-0.2, -0.15) is 0 Å². The predicted octanol–water partition coefficient (Wildman–Crippen LogP) is -4.12. The van der Waals surface area contributed by atoms with Gasteiger partial charge in [-0.05, 0) is 61.0 Å². The van der Waals surface area contributed by atoms with Crippen LogP contribution >= 0.6 is 0 Å². The zero-order valence-electron chi connectivity index (χ0n) is 33.4. The third-order valence-electron chi connectivity index (χ3n) is 11.0. The van der Waals surface area contributed by atoms with E-state index in [1.165, 1.54) is 0 Å². The number of aliphatic hydroxyl groups excluding tert-OH is 2. The van der Waals surface area contributed by atoms with Gasteiger partial charge in [0.05, 0.1) is 19.8 Å². The third-order valence-corrected chi connectivity index (χ3v) is 11.0. The van der Waals surface area contributed by atoms with Crippen molar-refractivity contribution in [2.75, 3.05) is 13.2 Å². The Morgan fingerprint density at radius 2 is 0.864 bits per heavy atom. The van der Waals surface area contributed by atoms with Crippen molar-refractivity contribution in [1.29, 1.82) is 0 Å². The van der Waals surface area contributed by atoms with E-state index in [-0.39, 0.29) is 6.61 Å². The van der Waals surface area contributed by atoms with E-state index in [4.69, 9.17) is 23.7 Å². The zero-order valence-corrected chi connectivity index (χ0v) is 33.4. The molecule has 2 saturated heterocycles. The fourth-order valence-corrected chi connectivity index (χ4v) is 7.49. The van der Waals surface area contributed by atoms with Crippen LogP contribution in [0.3, 0.4) is 0 Å². The Balaban J connectivity index is 2.19. The number of ketones is 8. The molecule has 0 aromatic heterocycles. The largest absolute Gasteiger partial charge is 0.382 e. The first kappa shape index (κ1) is 49.4. The van der Waals surface area contributed by atoms with Crippen molar-refractivity contribution in [3.05, 3.63) is 35.9 Å². The van der Waals surface area contributed by atoms with Crippen molar-refractivity contribution in [3.63, 3.8) is 0 Å². The summed E-state index contributed by atoms with van der Waals surface area (Å²) in [7, 11) is 0. The van der Waals surface area contributed by atoms with Gasteiger partial charge in [-0.15, -0.1) is 0 Å². The number of hydrogen-bond donors (Lipinski definition) is 8. The Kier molecular flexibility index (Phi) is 14.7. The van der Waals surface area contributed by atoms with Crippen LogP contribution in [0.2, 0.25) is 0 Å². The number of hydrogen-bond acceptors (Lipinski definition) is 21. The fourth-order valence-electron chi connectivity index (χ4n) is 7.49. The maximum atomic E-state index is 13.2. The van der Waals surface area contributed by atoms with Gasteiger partial charge in [0.25, 0.3) is 0 Å². The van der Waals surface area contributed by atoms with Crippen LogP contribution in [0, 0.1) is 0 Å². The Bertz CT molecular complexity index is 1740. The monoisotopic (exact) mass is 842 g/mol. The normalized spacial score (nSPS) is 36.1. The van der Waals surface area contributed by atoms with Crippen LogP contribution in [0.25, 0.3) is 0 Å². The average Bonchev–Trinajstić information content (AvgIpc) is 3.15. The first-order valence-corrected chi connectivity index (χ1v) is 18.0. The molecule has 2 fully saturated rings. The molecule has 2 heterocycles. The minimum Gasteiger partial charge on any atom is -0.382 e. The van der Waals surface area contributed by atoms with E-state index in [9.17, 15) is 79.2 Å². The van der Waals surface area contributed by atoms with Crippen molar-refractivity contribution < 1.29 is 103 Å². The molecule has 0 amide bonds. The van der Waals surface area contributed by atoms with E-state index in [1.807, 2.05) is 0 Å². The summed E-state index contributed by atoms with van der Waals surface area (Å²) in [6.45, 7) is 2.84. The van der Waals surface area contributed by atoms with Gasteiger partial charge in [-0.1, -0.05) is 30.3 Å². The van der Waals surface area contributed by atoms with Gasteiger partial charge in [0.15, 0.2) is 70.0 Å². The number of carbonyl (C=O) groups is 8. The minimum absolute atomic E-state index is 0.330. The predicted molar refractivity (Wildman–Crippen MR) is 191 cm³/mol. The molecule has 21 heteroatoms. The number of rotatable bonds is 19. The molecule has 3 rings (SSSR count). The number of aliphatic hydroxyl groups is 8. The molecule has 1 aromatic rings. The van der Waals surface area contributed by atoms with E-state index < -0.39 is 136 Å². The summed E-state index contributed by atoms with van der Waals surface area (Å²) >= 11 is 0. The summed E-state index contributed by atoms with van der Waals surface area (Å²) in [6.07, 6.45) is -17.1. The molecule has 8 N–H and O–H groups in total. The molecular formula is C38H50O21. The van der Waals surface area contributed by atoms with Crippen LogP contribution in [-0.2, 0) is 68.6 Å². The maximum Gasteiger partial charge on any atom is 0.213 e. The molecule has 2 aliphatic heterocycles. The molecule has 59 heavy (non-hydrogen) atoms. The topological polar surface area (TPSA) is 345 Å². The summed E-state index contributed by atoms with van der Waals surface area (Å²) in [6, 6.07) is 8.06. The quantitative estimate of drug-likeness (QED) is 0.0656. The van der Waals surface area contributed by atoms with E-state index in [1.54, 1.807) is 30.3 Å². The van der Waals surface area contributed by atoms with Crippen molar-refractivity contribution in [2.24, 2.45) is 0 Å². The highest BCUT2D eigenvalue weighted by atomic mass is 16.7. The molecule has 0 radical (unpaired) electrons. The Morgan fingerprint density at radius 3 is 1.14 bits per heavy atom. The molecular weight excluding hydrogens is 792 g/mol. The lowest BCUT2D eigenvalue weighted by Crippen LogP contribution is -2.87. The number of carbonyl (C=O) groups excluding carboxylic acids is 8. The molecule has 12 atom stereocenters. The lowest BCUT2D eigenvalue weighted by Gasteiger charge is -2.58. The summed E-state index contributed by atoms with van der Waals surface area (Å²) < 4.78 is 28.2. The van der Waals surface area contributed by atoms with Crippen LogP contribution in [-0.4, -0.2) is 177 Å². The average molecular weight is 843 g/mol. The van der Waals surface area contributed by atoms with Crippen molar-refractivity contribution in [3.8, 4) is 0 Å². The second-order valence-corrected chi connectivity index (χ2v) is 14.8. The van der Waals surface area contributed by atoms with Gasteiger partial charge in [-0.3, -0.25) is 38.4 Å².